The van der Waals surface area contributed by atoms with E-state index in [4.69, 9.17) is 11.5 Å². The molecule has 1 heterocycles. The molecular formula is C6H8N6O2. The van der Waals surface area contributed by atoms with Crippen molar-refractivity contribution in [3.8, 4) is 0 Å². The molecule has 1 aromatic rings. The number of hydrogen-bond donors (Lipinski definition) is 4. The summed E-state index contributed by atoms with van der Waals surface area (Å²) in [7, 11) is 0. The fourth-order valence-corrected chi connectivity index (χ4v) is 0.746. The second-order valence-electron chi connectivity index (χ2n) is 2.27. The first-order chi connectivity index (χ1) is 6.58. The summed E-state index contributed by atoms with van der Waals surface area (Å²) in [5.41, 5.74) is 9.71. The number of amides is 4. The average Bonchev–Trinajstić information content (AvgIpc) is 2.01. The molecule has 0 saturated carbocycles. The molecule has 0 aliphatic rings. The van der Waals surface area contributed by atoms with Gasteiger partial charge in [-0.3, -0.25) is 10.6 Å². The smallest absolute Gasteiger partial charge is 0.317 e. The van der Waals surface area contributed by atoms with Crippen molar-refractivity contribution in [3.05, 3.63) is 12.4 Å². The first-order valence-corrected chi connectivity index (χ1v) is 3.53. The van der Waals surface area contributed by atoms with E-state index in [-0.39, 0.29) is 11.6 Å². The van der Waals surface area contributed by atoms with Crippen LogP contribution in [-0.4, -0.2) is 22.0 Å². The highest BCUT2D eigenvalue weighted by Gasteiger charge is 2.01. The topological polar surface area (TPSA) is 136 Å². The zero-order chi connectivity index (χ0) is 10.6. The number of primary amides is 2. The van der Waals surface area contributed by atoms with E-state index in [1.54, 1.807) is 0 Å². The summed E-state index contributed by atoms with van der Waals surface area (Å²) < 4.78 is 0. The number of nitrogens with one attached hydrogen (secondary N) is 2. The van der Waals surface area contributed by atoms with Gasteiger partial charge in [0.1, 0.15) is 18.0 Å². The van der Waals surface area contributed by atoms with Gasteiger partial charge in [-0.25, -0.2) is 19.6 Å². The van der Waals surface area contributed by atoms with Gasteiger partial charge in [0, 0.05) is 6.07 Å². The highest BCUT2D eigenvalue weighted by Crippen LogP contribution is 2.07. The zero-order valence-electron chi connectivity index (χ0n) is 7.02. The lowest BCUT2D eigenvalue weighted by Gasteiger charge is -2.02. The Morgan fingerprint density at radius 3 is 1.86 bits per heavy atom. The van der Waals surface area contributed by atoms with Crippen molar-refractivity contribution < 1.29 is 9.59 Å². The number of aromatic nitrogens is 2. The van der Waals surface area contributed by atoms with Gasteiger partial charge in [-0.05, 0) is 0 Å². The molecule has 0 unspecified atom stereocenters. The van der Waals surface area contributed by atoms with Crippen LogP contribution < -0.4 is 22.1 Å². The van der Waals surface area contributed by atoms with Gasteiger partial charge in [0.2, 0.25) is 0 Å². The number of carbonyl (C=O) groups is 2. The third-order valence-corrected chi connectivity index (χ3v) is 1.17. The molecule has 1 aromatic heterocycles. The Hall–Kier alpha value is -2.38. The van der Waals surface area contributed by atoms with Gasteiger partial charge in [-0.1, -0.05) is 0 Å². The number of hydrogen-bond acceptors (Lipinski definition) is 4. The average molecular weight is 196 g/mol. The van der Waals surface area contributed by atoms with E-state index in [9.17, 15) is 9.59 Å². The lowest BCUT2D eigenvalue weighted by atomic mass is 10.5. The van der Waals surface area contributed by atoms with Crippen LogP contribution in [0.5, 0.6) is 0 Å². The second-order valence-corrected chi connectivity index (χ2v) is 2.27. The molecule has 0 aliphatic carbocycles. The number of nitrogens with two attached hydrogens (primary N) is 2. The number of carbonyl (C=O) groups excluding carboxylic acids is 2. The molecule has 6 N–H and O–H groups in total. The van der Waals surface area contributed by atoms with E-state index in [1.165, 1.54) is 6.07 Å². The Bertz CT molecular complexity index is 334. The van der Waals surface area contributed by atoms with Gasteiger partial charge in [-0.15, -0.1) is 0 Å². The zero-order valence-corrected chi connectivity index (χ0v) is 7.02. The SMILES string of the molecule is NC(=O)Nc1cc(NC(N)=O)ncn1. The van der Waals surface area contributed by atoms with E-state index in [0.717, 1.165) is 6.33 Å². The van der Waals surface area contributed by atoms with Crippen molar-refractivity contribution in [3.63, 3.8) is 0 Å². The molecule has 0 bridgehead atoms. The summed E-state index contributed by atoms with van der Waals surface area (Å²) in [5, 5.41) is 4.43. The number of anilines is 2. The molecular weight excluding hydrogens is 188 g/mol. The lowest BCUT2D eigenvalue weighted by molar-refractivity contribution is 0.258. The van der Waals surface area contributed by atoms with Gasteiger partial charge in [-0.2, -0.15) is 0 Å². The summed E-state index contributed by atoms with van der Waals surface area (Å²) >= 11 is 0. The second kappa shape index (κ2) is 4.03. The van der Waals surface area contributed by atoms with Crippen LogP contribution in [0.4, 0.5) is 21.2 Å². The van der Waals surface area contributed by atoms with Gasteiger partial charge in [0.25, 0.3) is 0 Å². The summed E-state index contributed by atoms with van der Waals surface area (Å²) in [5.74, 6) is 0.354. The fourth-order valence-electron chi connectivity index (χ4n) is 0.746. The van der Waals surface area contributed by atoms with Crippen molar-refractivity contribution in [2.75, 3.05) is 10.6 Å². The number of nitrogens with zero attached hydrogens (tertiary/aromatic N) is 2. The first-order valence-electron chi connectivity index (χ1n) is 3.53. The monoisotopic (exact) mass is 196 g/mol. The van der Waals surface area contributed by atoms with E-state index in [0.29, 0.717) is 0 Å². The fraction of sp³-hybridized carbons (Fsp3) is 0. The minimum atomic E-state index is -0.756. The Morgan fingerprint density at radius 2 is 1.50 bits per heavy atom. The molecule has 74 valence electrons. The van der Waals surface area contributed by atoms with Crippen LogP contribution in [-0.2, 0) is 0 Å². The van der Waals surface area contributed by atoms with Crippen molar-refractivity contribution in [1.82, 2.24) is 9.97 Å². The molecule has 0 aliphatic heterocycles. The summed E-state index contributed by atoms with van der Waals surface area (Å²) in [6.45, 7) is 0. The summed E-state index contributed by atoms with van der Waals surface area (Å²) in [4.78, 5) is 28.2. The van der Waals surface area contributed by atoms with Crippen LogP contribution in [0.3, 0.4) is 0 Å². The molecule has 0 atom stereocenters. The van der Waals surface area contributed by atoms with Gasteiger partial charge < -0.3 is 11.5 Å². The number of rotatable bonds is 2. The predicted octanol–water partition coefficient (Wildman–Crippen LogP) is -0.542. The lowest BCUT2D eigenvalue weighted by Crippen LogP contribution is -2.22. The maximum absolute atomic E-state index is 10.4. The van der Waals surface area contributed by atoms with Crippen LogP contribution in [0, 0.1) is 0 Å². The standard InChI is InChI=1S/C6H8N6O2/c7-5(13)11-3-1-4(10-2-9-3)12-6(8)14/h1-2H,(H6,7,8,9,10,11,12,13,14). The summed E-state index contributed by atoms with van der Waals surface area (Å²) in [6.07, 6.45) is 1.15. The van der Waals surface area contributed by atoms with E-state index < -0.39 is 12.1 Å². The van der Waals surface area contributed by atoms with Crippen LogP contribution in [0.25, 0.3) is 0 Å². The number of urea groups is 2. The van der Waals surface area contributed by atoms with E-state index in [1.807, 2.05) is 0 Å². The molecule has 4 amide bonds. The third kappa shape index (κ3) is 2.93. The van der Waals surface area contributed by atoms with E-state index in [2.05, 4.69) is 20.6 Å². The molecule has 14 heavy (non-hydrogen) atoms. The molecule has 0 radical (unpaired) electrons. The molecule has 8 nitrogen and oxygen atoms in total. The van der Waals surface area contributed by atoms with Crippen molar-refractivity contribution in [2.45, 2.75) is 0 Å². The molecule has 1 rings (SSSR count). The minimum Gasteiger partial charge on any atom is -0.351 e. The van der Waals surface area contributed by atoms with Crippen molar-refractivity contribution in [2.24, 2.45) is 11.5 Å². The molecule has 0 aromatic carbocycles. The predicted molar refractivity (Wildman–Crippen MR) is 48.4 cm³/mol. The Morgan fingerprint density at radius 1 is 1.07 bits per heavy atom. The Balaban J connectivity index is 2.78. The van der Waals surface area contributed by atoms with Gasteiger partial charge in [0.15, 0.2) is 0 Å². The normalized spacial score (nSPS) is 9.14. The van der Waals surface area contributed by atoms with Crippen molar-refractivity contribution >= 4 is 23.7 Å². The Labute approximate surface area is 78.7 Å². The third-order valence-electron chi connectivity index (χ3n) is 1.17. The van der Waals surface area contributed by atoms with Gasteiger partial charge in [0.05, 0.1) is 0 Å². The van der Waals surface area contributed by atoms with E-state index >= 15 is 0 Å². The van der Waals surface area contributed by atoms with Crippen molar-refractivity contribution in [1.29, 1.82) is 0 Å². The molecule has 0 fully saturated rings. The molecule has 0 saturated heterocycles. The van der Waals surface area contributed by atoms with Crippen LogP contribution in [0.15, 0.2) is 12.4 Å². The molecule has 8 heteroatoms. The van der Waals surface area contributed by atoms with Crippen LogP contribution in [0.1, 0.15) is 0 Å². The largest absolute Gasteiger partial charge is 0.351 e. The quantitative estimate of drug-likeness (QED) is 0.504. The molecule has 0 spiro atoms. The van der Waals surface area contributed by atoms with Crippen LogP contribution >= 0.6 is 0 Å². The maximum Gasteiger partial charge on any atom is 0.317 e. The summed E-state index contributed by atoms with van der Waals surface area (Å²) in [6, 6.07) is -0.197. The van der Waals surface area contributed by atoms with Crippen LogP contribution in [0.2, 0.25) is 0 Å². The first kappa shape index (κ1) is 9.71. The highest BCUT2D eigenvalue weighted by molar-refractivity contribution is 5.89. The maximum atomic E-state index is 10.4. The highest BCUT2D eigenvalue weighted by atomic mass is 16.2. The minimum absolute atomic E-state index is 0.177. The Kier molecular flexibility index (Phi) is 2.79. The van der Waals surface area contributed by atoms with Gasteiger partial charge >= 0.3 is 12.1 Å².